The summed E-state index contributed by atoms with van der Waals surface area (Å²) in [6, 6.07) is 19.1. The number of carbonyl (C=O) groups excluding carboxylic acids is 3. The number of nitrogens with zero attached hydrogens (tertiary/aromatic N) is 5. The van der Waals surface area contributed by atoms with Gasteiger partial charge in [0.05, 0.1) is 31.9 Å². The highest BCUT2D eigenvalue weighted by atomic mass is 32.2. The fraction of sp³-hybridized carbons (Fsp3) is 0.176. The SMILES string of the molecule is CC(C(=O)ON1C(=O)CCC1=O)c1ccc(C[n+]2ccc(/C=C/C=C3\Sc4cc([N+](=O)[O-])ccc4N3C)c3ccccc32)cc1[N+](=O)[O-]. The minimum Gasteiger partial charge on any atom is -0.338 e. The lowest BCUT2D eigenvalue weighted by Gasteiger charge is -2.16. The smallest absolute Gasteiger partial charge is 0.338 e. The number of hydrogen-bond donors (Lipinski definition) is 0. The van der Waals surface area contributed by atoms with Crippen molar-refractivity contribution in [3.05, 3.63) is 127 Å². The number of para-hydroxylation sites is 1. The van der Waals surface area contributed by atoms with Gasteiger partial charge in [-0.25, -0.2) is 4.79 Å². The van der Waals surface area contributed by atoms with Gasteiger partial charge in [0.2, 0.25) is 5.52 Å². The van der Waals surface area contributed by atoms with Crippen LogP contribution in [0.5, 0.6) is 0 Å². The summed E-state index contributed by atoms with van der Waals surface area (Å²) in [5.74, 6) is -3.31. The summed E-state index contributed by atoms with van der Waals surface area (Å²) >= 11 is 1.46. The molecule has 4 aromatic rings. The van der Waals surface area contributed by atoms with Gasteiger partial charge < -0.3 is 9.74 Å². The molecule has 3 aromatic carbocycles. The highest BCUT2D eigenvalue weighted by Gasteiger charge is 2.36. The van der Waals surface area contributed by atoms with E-state index in [1.165, 1.54) is 36.9 Å². The number of hydroxylamine groups is 2. The first-order chi connectivity index (χ1) is 23.0. The molecule has 6 rings (SSSR count). The van der Waals surface area contributed by atoms with E-state index < -0.39 is 33.5 Å². The maximum atomic E-state index is 12.7. The van der Waals surface area contributed by atoms with Crippen LogP contribution in [0.25, 0.3) is 17.0 Å². The first-order valence-corrected chi connectivity index (χ1v) is 15.7. The first-order valence-electron chi connectivity index (χ1n) is 14.9. The van der Waals surface area contributed by atoms with Crippen molar-refractivity contribution >= 4 is 63.6 Å². The second-order valence-electron chi connectivity index (χ2n) is 11.2. The Morgan fingerprint density at radius 2 is 1.77 bits per heavy atom. The van der Waals surface area contributed by atoms with E-state index in [4.69, 9.17) is 4.84 Å². The zero-order valence-corrected chi connectivity index (χ0v) is 26.6. The zero-order chi connectivity index (χ0) is 34.1. The fourth-order valence-corrected chi connectivity index (χ4v) is 6.71. The lowest BCUT2D eigenvalue weighted by atomic mass is 9.97. The number of nitro groups is 2. The third-order valence-electron chi connectivity index (χ3n) is 8.19. The molecule has 0 radical (unpaired) electrons. The third kappa shape index (κ3) is 6.25. The van der Waals surface area contributed by atoms with Gasteiger partial charge in [-0.3, -0.25) is 29.8 Å². The Labute approximate surface area is 278 Å². The van der Waals surface area contributed by atoms with Crippen LogP contribution in [-0.4, -0.2) is 39.7 Å². The van der Waals surface area contributed by atoms with Crippen LogP contribution in [0.3, 0.4) is 0 Å². The number of non-ortho nitro benzene ring substituents is 1. The molecule has 3 heterocycles. The maximum Gasteiger partial charge on any atom is 0.340 e. The molecule has 1 aromatic heterocycles. The Morgan fingerprint density at radius 3 is 2.50 bits per heavy atom. The number of carbonyl (C=O) groups is 3. The van der Waals surface area contributed by atoms with E-state index in [0.29, 0.717) is 17.2 Å². The number of amides is 2. The molecule has 1 saturated heterocycles. The Hall–Kier alpha value is -5.89. The number of imide groups is 1. The molecule has 2 amide bonds. The molecule has 0 saturated carbocycles. The second-order valence-corrected chi connectivity index (χ2v) is 12.3. The molecule has 1 fully saturated rings. The van der Waals surface area contributed by atoms with E-state index in [9.17, 15) is 34.6 Å². The van der Waals surface area contributed by atoms with Gasteiger partial charge in [-0.05, 0) is 30.7 Å². The van der Waals surface area contributed by atoms with Gasteiger partial charge in [0.15, 0.2) is 12.7 Å². The lowest BCUT2D eigenvalue weighted by molar-refractivity contribution is -0.662. The summed E-state index contributed by atoms with van der Waals surface area (Å²) in [6.07, 6.45) is 7.63. The van der Waals surface area contributed by atoms with Crippen molar-refractivity contribution in [2.45, 2.75) is 37.1 Å². The van der Waals surface area contributed by atoms with E-state index in [1.807, 2.05) is 71.3 Å². The summed E-state index contributed by atoms with van der Waals surface area (Å²) in [5, 5.41) is 25.6. The molecular formula is C34H28N5O8S+. The van der Waals surface area contributed by atoms with Gasteiger partial charge in [-0.1, -0.05) is 48.2 Å². The number of benzene rings is 3. The van der Waals surface area contributed by atoms with E-state index in [0.717, 1.165) is 32.1 Å². The van der Waals surface area contributed by atoms with Crippen LogP contribution in [-0.2, 0) is 25.8 Å². The van der Waals surface area contributed by atoms with Crippen molar-refractivity contribution < 1.29 is 33.6 Å². The molecule has 2 aliphatic heterocycles. The number of aromatic nitrogens is 1. The summed E-state index contributed by atoms with van der Waals surface area (Å²) in [4.78, 5) is 66.5. The van der Waals surface area contributed by atoms with Crippen LogP contribution in [0.2, 0.25) is 0 Å². The van der Waals surface area contributed by atoms with Crippen LogP contribution in [0.15, 0.2) is 95.0 Å². The number of rotatable bonds is 9. The van der Waals surface area contributed by atoms with Gasteiger partial charge in [0.25, 0.3) is 23.2 Å². The highest BCUT2D eigenvalue weighted by molar-refractivity contribution is 8.03. The van der Waals surface area contributed by atoms with Gasteiger partial charge in [-0.15, -0.1) is 5.06 Å². The summed E-state index contributed by atoms with van der Waals surface area (Å²) in [5.41, 5.74) is 3.23. The molecular weight excluding hydrogens is 638 g/mol. The average molecular weight is 667 g/mol. The number of thioether (sulfide) groups is 1. The number of allylic oxidation sites excluding steroid dienone is 2. The minimum absolute atomic E-state index is 0.0470. The highest BCUT2D eigenvalue weighted by Crippen LogP contribution is 2.46. The van der Waals surface area contributed by atoms with Gasteiger partial charge in [0, 0.05) is 66.2 Å². The molecule has 14 heteroatoms. The van der Waals surface area contributed by atoms with Crippen LogP contribution >= 0.6 is 11.8 Å². The lowest BCUT2D eigenvalue weighted by Crippen LogP contribution is -2.35. The molecule has 0 N–H and O–H groups in total. The Bertz CT molecular complexity index is 2080. The van der Waals surface area contributed by atoms with Crippen LogP contribution in [0.1, 0.15) is 42.4 Å². The van der Waals surface area contributed by atoms with E-state index in [-0.39, 0.29) is 29.8 Å². The predicted octanol–water partition coefficient (Wildman–Crippen LogP) is 5.80. The molecule has 0 bridgehead atoms. The molecule has 48 heavy (non-hydrogen) atoms. The molecule has 13 nitrogen and oxygen atoms in total. The Kier molecular flexibility index (Phi) is 8.74. The minimum atomic E-state index is -1.11. The second kappa shape index (κ2) is 13.1. The van der Waals surface area contributed by atoms with Crippen molar-refractivity contribution in [3.63, 3.8) is 0 Å². The van der Waals surface area contributed by atoms with Crippen LogP contribution in [0.4, 0.5) is 17.1 Å². The normalized spacial score (nSPS) is 15.8. The molecule has 242 valence electrons. The van der Waals surface area contributed by atoms with Gasteiger partial charge >= 0.3 is 5.97 Å². The Morgan fingerprint density at radius 1 is 1.02 bits per heavy atom. The number of hydrogen-bond acceptors (Lipinski definition) is 10. The quantitative estimate of drug-likeness (QED) is 0.0926. The summed E-state index contributed by atoms with van der Waals surface area (Å²) in [7, 11) is 1.91. The van der Waals surface area contributed by atoms with E-state index >= 15 is 0 Å². The molecule has 2 aliphatic rings. The van der Waals surface area contributed by atoms with Crippen LogP contribution < -0.4 is 9.47 Å². The average Bonchev–Trinajstić information content (AvgIpc) is 3.57. The van der Waals surface area contributed by atoms with E-state index in [1.54, 1.807) is 18.2 Å². The number of fused-ring (bicyclic) bond motifs is 2. The standard InChI is InChI=1S/C34H28N5O8S/c1-21(34(42)47-37-31(40)14-15-32(37)41)25-12-10-22(18-29(25)39(45)46)20-36-17-16-23(26-7-3-4-8-27(26)36)6-5-9-33-35(2)28-13-11-24(38(43)44)19-30(28)48-33/h3-13,16-19,21H,14-15,20H2,1-2H3/q+1. The third-order valence-corrected chi connectivity index (χ3v) is 9.35. The summed E-state index contributed by atoms with van der Waals surface area (Å²) in [6.45, 7) is 1.73. The molecule has 1 unspecified atom stereocenters. The Balaban J connectivity index is 1.22. The summed E-state index contributed by atoms with van der Waals surface area (Å²) < 4.78 is 1.97. The zero-order valence-electron chi connectivity index (χ0n) is 25.8. The maximum absolute atomic E-state index is 12.7. The predicted molar refractivity (Wildman–Crippen MR) is 176 cm³/mol. The molecule has 0 spiro atoms. The molecule has 1 atom stereocenters. The van der Waals surface area contributed by atoms with Crippen molar-refractivity contribution in [3.8, 4) is 0 Å². The fourth-order valence-electron chi connectivity index (χ4n) is 5.61. The largest absolute Gasteiger partial charge is 0.340 e. The van der Waals surface area contributed by atoms with E-state index in [2.05, 4.69) is 0 Å². The molecule has 0 aliphatic carbocycles. The number of anilines is 1. The van der Waals surface area contributed by atoms with Crippen molar-refractivity contribution in [1.29, 1.82) is 0 Å². The van der Waals surface area contributed by atoms with Crippen LogP contribution in [0, 0.1) is 20.2 Å². The topological polar surface area (TPSA) is 157 Å². The van der Waals surface area contributed by atoms with Gasteiger partial charge in [-0.2, -0.15) is 4.57 Å². The first kappa shape index (κ1) is 32.1. The number of pyridine rings is 1. The monoisotopic (exact) mass is 666 g/mol. The van der Waals surface area contributed by atoms with Crippen molar-refractivity contribution in [2.24, 2.45) is 0 Å². The van der Waals surface area contributed by atoms with Crippen molar-refractivity contribution in [1.82, 2.24) is 5.06 Å². The van der Waals surface area contributed by atoms with Gasteiger partial charge in [0.1, 0.15) is 0 Å². The number of nitro benzene ring substituents is 2. The van der Waals surface area contributed by atoms with Crippen molar-refractivity contribution in [2.75, 3.05) is 11.9 Å².